The fourth-order valence-corrected chi connectivity index (χ4v) is 3.47. The number of benzene rings is 2. The molecular weight excluding hydrogens is 398 g/mol. The lowest BCUT2D eigenvalue weighted by molar-refractivity contribution is -0.151. The SMILES string of the molecule is CC(=O)Nc1ccc(NC(=O)COC(=O)[C@H]2CC(=O)N([C@@H](C)c3ccccc3)C2)cc1. The molecule has 31 heavy (non-hydrogen) atoms. The number of carbonyl (C=O) groups excluding carboxylic acids is 4. The van der Waals surface area contributed by atoms with E-state index in [0.29, 0.717) is 11.4 Å². The number of likely N-dealkylation sites (tertiary alicyclic amines) is 1. The lowest BCUT2D eigenvalue weighted by Gasteiger charge is -2.25. The molecule has 0 unspecified atom stereocenters. The zero-order valence-electron chi connectivity index (χ0n) is 17.5. The van der Waals surface area contributed by atoms with Crippen molar-refractivity contribution in [2.75, 3.05) is 23.8 Å². The molecule has 0 aromatic heterocycles. The van der Waals surface area contributed by atoms with Crippen molar-refractivity contribution in [3.05, 3.63) is 60.2 Å². The van der Waals surface area contributed by atoms with Crippen molar-refractivity contribution < 1.29 is 23.9 Å². The van der Waals surface area contributed by atoms with Crippen LogP contribution in [-0.4, -0.2) is 41.7 Å². The topological polar surface area (TPSA) is 105 Å². The van der Waals surface area contributed by atoms with Gasteiger partial charge in [-0.15, -0.1) is 0 Å². The molecule has 2 atom stereocenters. The summed E-state index contributed by atoms with van der Waals surface area (Å²) < 4.78 is 5.13. The van der Waals surface area contributed by atoms with Crippen LogP contribution in [0.4, 0.5) is 11.4 Å². The molecule has 0 radical (unpaired) electrons. The first-order chi connectivity index (χ1) is 14.8. The van der Waals surface area contributed by atoms with Crippen molar-refractivity contribution in [1.29, 1.82) is 0 Å². The summed E-state index contributed by atoms with van der Waals surface area (Å²) in [5, 5.41) is 5.25. The minimum atomic E-state index is -0.594. The molecule has 1 fully saturated rings. The highest BCUT2D eigenvalue weighted by atomic mass is 16.5. The predicted octanol–water partition coefficient (Wildman–Crippen LogP) is 2.74. The average Bonchev–Trinajstić information content (AvgIpc) is 3.15. The van der Waals surface area contributed by atoms with Gasteiger partial charge < -0.3 is 20.3 Å². The average molecular weight is 423 g/mol. The van der Waals surface area contributed by atoms with Crippen LogP contribution < -0.4 is 10.6 Å². The zero-order valence-corrected chi connectivity index (χ0v) is 17.5. The van der Waals surface area contributed by atoms with E-state index in [1.54, 1.807) is 29.2 Å². The maximum Gasteiger partial charge on any atom is 0.311 e. The van der Waals surface area contributed by atoms with Crippen molar-refractivity contribution in [3.63, 3.8) is 0 Å². The fourth-order valence-electron chi connectivity index (χ4n) is 3.47. The van der Waals surface area contributed by atoms with Gasteiger partial charge >= 0.3 is 5.97 Å². The van der Waals surface area contributed by atoms with Crippen LogP contribution in [0.15, 0.2) is 54.6 Å². The zero-order chi connectivity index (χ0) is 22.4. The number of esters is 1. The smallest absolute Gasteiger partial charge is 0.311 e. The number of hydrogen-bond acceptors (Lipinski definition) is 5. The van der Waals surface area contributed by atoms with Crippen LogP contribution >= 0.6 is 0 Å². The standard InChI is InChI=1S/C23H25N3O5/c1-15(17-6-4-3-5-7-17)26-13-18(12-22(26)29)23(30)31-14-21(28)25-20-10-8-19(9-11-20)24-16(2)27/h3-11,15,18H,12-14H2,1-2H3,(H,24,27)(H,25,28)/t15-,18-/m0/s1. The van der Waals surface area contributed by atoms with Crippen LogP contribution in [-0.2, 0) is 23.9 Å². The molecule has 1 saturated heterocycles. The van der Waals surface area contributed by atoms with Crippen LogP contribution in [0.1, 0.15) is 31.9 Å². The largest absolute Gasteiger partial charge is 0.455 e. The van der Waals surface area contributed by atoms with Crippen molar-refractivity contribution in [2.24, 2.45) is 5.92 Å². The summed E-state index contributed by atoms with van der Waals surface area (Å²) in [6.07, 6.45) is 0.0717. The predicted molar refractivity (Wildman–Crippen MR) is 115 cm³/mol. The number of amides is 3. The highest BCUT2D eigenvalue weighted by Gasteiger charge is 2.38. The maximum atomic E-state index is 12.4. The van der Waals surface area contributed by atoms with Gasteiger partial charge in [0.2, 0.25) is 11.8 Å². The number of carbonyl (C=O) groups is 4. The third-order valence-electron chi connectivity index (χ3n) is 5.08. The second kappa shape index (κ2) is 9.88. The number of anilines is 2. The molecule has 2 aromatic carbocycles. The van der Waals surface area contributed by atoms with Gasteiger partial charge in [0.05, 0.1) is 12.0 Å². The summed E-state index contributed by atoms with van der Waals surface area (Å²) in [6.45, 7) is 3.15. The Bertz CT molecular complexity index is 959. The van der Waals surface area contributed by atoms with Gasteiger partial charge in [-0.05, 0) is 36.8 Å². The van der Waals surface area contributed by atoms with E-state index < -0.39 is 24.4 Å². The minimum Gasteiger partial charge on any atom is -0.455 e. The van der Waals surface area contributed by atoms with E-state index in [0.717, 1.165) is 5.56 Å². The molecule has 8 nitrogen and oxygen atoms in total. The van der Waals surface area contributed by atoms with Crippen molar-refractivity contribution in [3.8, 4) is 0 Å². The lowest BCUT2D eigenvalue weighted by Crippen LogP contribution is -2.30. The van der Waals surface area contributed by atoms with Gasteiger partial charge in [-0.2, -0.15) is 0 Å². The quantitative estimate of drug-likeness (QED) is 0.667. The Labute approximate surface area is 180 Å². The first-order valence-electron chi connectivity index (χ1n) is 10.0. The summed E-state index contributed by atoms with van der Waals surface area (Å²) in [6, 6.07) is 16.0. The van der Waals surface area contributed by atoms with Gasteiger partial charge in [0.15, 0.2) is 6.61 Å². The van der Waals surface area contributed by atoms with Gasteiger partial charge in [-0.1, -0.05) is 30.3 Å². The third kappa shape index (κ3) is 5.91. The molecule has 0 bridgehead atoms. The first-order valence-corrected chi connectivity index (χ1v) is 10.0. The molecule has 0 spiro atoms. The molecule has 1 heterocycles. The molecule has 1 aliphatic rings. The molecule has 3 amide bonds. The number of rotatable bonds is 7. The van der Waals surface area contributed by atoms with Crippen LogP contribution in [0.2, 0.25) is 0 Å². The number of ether oxygens (including phenoxy) is 1. The van der Waals surface area contributed by atoms with E-state index >= 15 is 0 Å². The summed E-state index contributed by atoms with van der Waals surface area (Å²) in [4.78, 5) is 49.5. The Hall–Kier alpha value is -3.68. The van der Waals surface area contributed by atoms with Crippen molar-refractivity contribution in [1.82, 2.24) is 4.90 Å². The van der Waals surface area contributed by atoms with Crippen LogP contribution in [0.5, 0.6) is 0 Å². The van der Waals surface area contributed by atoms with E-state index in [1.165, 1.54) is 6.92 Å². The summed E-state index contributed by atoms with van der Waals surface area (Å²) in [7, 11) is 0. The van der Waals surface area contributed by atoms with E-state index in [1.807, 2.05) is 37.3 Å². The second-order valence-corrected chi connectivity index (χ2v) is 7.45. The van der Waals surface area contributed by atoms with Crippen LogP contribution in [0.25, 0.3) is 0 Å². The second-order valence-electron chi connectivity index (χ2n) is 7.45. The summed E-state index contributed by atoms with van der Waals surface area (Å²) in [5.74, 6) is -1.94. The first kappa shape index (κ1) is 22.0. The van der Waals surface area contributed by atoms with Gasteiger partial charge in [-0.25, -0.2) is 0 Å². The van der Waals surface area contributed by atoms with Gasteiger partial charge in [-0.3, -0.25) is 19.2 Å². The van der Waals surface area contributed by atoms with Gasteiger partial charge in [0, 0.05) is 31.3 Å². The van der Waals surface area contributed by atoms with E-state index in [2.05, 4.69) is 10.6 Å². The Kier molecular flexibility index (Phi) is 7.02. The number of nitrogens with zero attached hydrogens (tertiary/aromatic N) is 1. The normalized spacial score (nSPS) is 16.5. The minimum absolute atomic E-state index is 0.0717. The maximum absolute atomic E-state index is 12.4. The molecule has 2 N–H and O–H groups in total. The molecule has 1 aliphatic heterocycles. The Balaban J connectivity index is 1.47. The van der Waals surface area contributed by atoms with Crippen molar-refractivity contribution >= 4 is 35.1 Å². The molecule has 0 saturated carbocycles. The van der Waals surface area contributed by atoms with E-state index in [-0.39, 0.29) is 30.8 Å². The Morgan fingerprint density at radius 2 is 1.65 bits per heavy atom. The van der Waals surface area contributed by atoms with Crippen LogP contribution in [0.3, 0.4) is 0 Å². The molecule has 8 heteroatoms. The third-order valence-corrected chi connectivity index (χ3v) is 5.08. The van der Waals surface area contributed by atoms with Gasteiger partial charge in [0.1, 0.15) is 0 Å². The number of hydrogen-bond donors (Lipinski definition) is 2. The van der Waals surface area contributed by atoms with E-state index in [9.17, 15) is 19.2 Å². The Morgan fingerprint density at radius 1 is 1.03 bits per heavy atom. The summed E-state index contributed by atoms with van der Waals surface area (Å²) in [5.41, 5.74) is 2.11. The van der Waals surface area contributed by atoms with Crippen molar-refractivity contribution in [2.45, 2.75) is 26.3 Å². The highest BCUT2D eigenvalue weighted by molar-refractivity contribution is 5.94. The summed E-state index contributed by atoms with van der Waals surface area (Å²) >= 11 is 0. The van der Waals surface area contributed by atoms with Crippen LogP contribution in [0, 0.1) is 5.92 Å². The molecule has 0 aliphatic carbocycles. The van der Waals surface area contributed by atoms with Gasteiger partial charge in [0.25, 0.3) is 5.91 Å². The monoisotopic (exact) mass is 423 g/mol. The Morgan fingerprint density at radius 3 is 2.26 bits per heavy atom. The van der Waals surface area contributed by atoms with E-state index in [4.69, 9.17) is 4.74 Å². The molecule has 3 rings (SSSR count). The molecule has 2 aromatic rings. The number of nitrogens with one attached hydrogen (secondary N) is 2. The fraction of sp³-hybridized carbons (Fsp3) is 0.304. The molecular formula is C23H25N3O5. The highest BCUT2D eigenvalue weighted by Crippen LogP contribution is 2.29. The molecule has 162 valence electrons. The lowest BCUT2D eigenvalue weighted by atomic mass is 10.1.